The van der Waals surface area contributed by atoms with Crippen molar-refractivity contribution in [2.75, 3.05) is 19.7 Å². The number of carbonyl (C=O) groups is 1. The number of carbonyl (C=O) groups excluding carboxylic acids is 1. The average molecular weight is 265 g/mol. The van der Waals surface area contributed by atoms with E-state index in [1.807, 2.05) is 6.07 Å². The van der Waals surface area contributed by atoms with Gasteiger partial charge in [-0.3, -0.25) is 4.79 Å². The van der Waals surface area contributed by atoms with E-state index in [2.05, 4.69) is 24.5 Å². The molecule has 106 valence electrons. The van der Waals surface area contributed by atoms with Crippen molar-refractivity contribution in [1.82, 2.24) is 10.6 Å². The predicted octanol–water partition coefficient (Wildman–Crippen LogP) is 1.32. The largest absolute Gasteiger partial charge is 0.390 e. The molecule has 1 unspecified atom stereocenters. The van der Waals surface area contributed by atoms with Crippen LogP contribution in [-0.4, -0.2) is 31.7 Å². The van der Waals surface area contributed by atoms with E-state index in [4.69, 9.17) is 10.00 Å². The Morgan fingerprint density at radius 2 is 2.37 bits per heavy atom. The van der Waals surface area contributed by atoms with Crippen molar-refractivity contribution in [3.8, 4) is 6.07 Å². The van der Waals surface area contributed by atoms with Crippen molar-refractivity contribution in [1.29, 1.82) is 5.26 Å². The first kappa shape index (κ1) is 15.5. The van der Waals surface area contributed by atoms with Gasteiger partial charge >= 0.3 is 0 Å². The third kappa shape index (κ3) is 6.25. The van der Waals surface area contributed by atoms with Crippen LogP contribution in [0.2, 0.25) is 0 Å². The van der Waals surface area contributed by atoms with Crippen LogP contribution in [0.1, 0.15) is 33.1 Å². The van der Waals surface area contributed by atoms with Gasteiger partial charge in [0.15, 0.2) is 0 Å². The van der Waals surface area contributed by atoms with Crippen molar-refractivity contribution in [3.63, 3.8) is 0 Å². The standard InChI is InChI=1S/C14H23N3O2/c1-11(2)5-6-16-9-12(8-15)14(18)17-10-13-4-3-7-19-13/h9,11,13,16H,3-7,10H2,1-2H3,(H,17,18)/b12-9-. The van der Waals surface area contributed by atoms with Crippen LogP contribution in [0.25, 0.3) is 0 Å². The maximum absolute atomic E-state index is 11.8. The van der Waals surface area contributed by atoms with Gasteiger partial charge in [0.25, 0.3) is 5.91 Å². The van der Waals surface area contributed by atoms with E-state index in [0.29, 0.717) is 12.5 Å². The van der Waals surface area contributed by atoms with E-state index >= 15 is 0 Å². The predicted molar refractivity (Wildman–Crippen MR) is 73.1 cm³/mol. The van der Waals surface area contributed by atoms with Gasteiger partial charge < -0.3 is 15.4 Å². The van der Waals surface area contributed by atoms with Crippen LogP contribution in [-0.2, 0) is 9.53 Å². The lowest BCUT2D eigenvalue weighted by Gasteiger charge is -2.10. The lowest BCUT2D eigenvalue weighted by atomic mass is 10.1. The minimum atomic E-state index is -0.338. The third-order valence-corrected chi connectivity index (χ3v) is 2.99. The summed E-state index contributed by atoms with van der Waals surface area (Å²) in [7, 11) is 0. The van der Waals surface area contributed by atoms with E-state index in [0.717, 1.165) is 32.4 Å². The van der Waals surface area contributed by atoms with Gasteiger partial charge in [0.05, 0.1) is 6.10 Å². The molecule has 5 nitrogen and oxygen atoms in total. The highest BCUT2D eigenvalue weighted by Crippen LogP contribution is 2.10. The molecule has 0 bridgehead atoms. The molecule has 1 rings (SSSR count). The number of rotatable bonds is 7. The molecule has 1 heterocycles. The summed E-state index contributed by atoms with van der Waals surface area (Å²) in [5.41, 5.74) is 0.113. The van der Waals surface area contributed by atoms with Crippen molar-refractivity contribution in [2.45, 2.75) is 39.2 Å². The summed E-state index contributed by atoms with van der Waals surface area (Å²) in [5.74, 6) is 0.259. The molecule has 0 aromatic carbocycles. The third-order valence-electron chi connectivity index (χ3n) is 2.99. The van der Waals surface area contributed by atoms with E-state index in [-0.39, 0.29) is 17.6 Å². The summed E-state index contributed by atoms with van der Waals surface area (Å²) in [6.07, 6.45) is 4.61. The van der Waals surface area contributed by atoms with Crippen LogP contribution in [0.5, 0.6) is 0 Å². The molecule has 0 aromatic heterocycles. The lowest BCUT2D eigenvalue weighted by Crippen LogP contribution is -2.33. The van der Waals surface area contributed by atoms with Crippen LogP contribution in [0.15, 0.2) is 11.8 Å². The second kappa shape index (κ2) is 8.54. The van der Waals surface area contributed by atoms with E-state index < -0.39 is 0 Å². The molecule has 0 radical (unpaired) electrons. The Morgan fingerprint density at radius 3 is 2.95 bits per heavy atom. The summed E-state index contributed by atoms with van der Waals surface area (Å²) in [6.45, 7) is 6.26. The number of amides is 1. The second-order valence-corrected chi connectivity index (χ2v) is 5.15. The highest BCUT2D eigenvalue weighted by molar-refractivity contribution is 5.97. The summed E-state index contributed by atoms with van der Waals surface area (Å²) in [6, 6.07) is 1.91. The number of hydrogen-bond acceptors (Lipinski definition) is 4. The quantitative estimate of drug-likeness (QED) is 0.414. The summed E-state index contributed by atoms with van der Waals surface area (Å²) < 4.78 is 5.41. The molecule has 1 amide bonds. The molecular formula is C14H23N3O2. The molecular weight excluding hydrogens is 242 g/mol. The summed E-state index contributed by atoms with van der Waals surface area (Å²) in [4.78, 5) is 11.8. The fourth-order valence-electron chi connectivity index (χ4n) is 1.80. The van der Waals surface area contributed by atoms with Crippen LogP contribution in [0, 0.1) is 17.2 Å². The molecule has 0 aromatic rings. The fourth-order valence-corrected chi connectivity index (χ4v) is 1.80. The summed E-state index contributed by atoms with van der Waals surface area (Å²) in [5, 5.41) is 14.7. The Balaban J connectivity index is 2.29. The first-order chi connectivity index (χ1) is 9.13. The topological polar surface area (TPSA) is 74.2 Å². The van der Waals surface area contributed by atoms with Gasteiger partial charge in [0.2, 0.25) is 0 Å². The molecule has 1 aliphatic rings. The van der Waals surface area contributed by atoms with Crippen LogP contribution < -0.4 is 10.6 Å². The Hall–Kier alpha value is -1.54. The smallest absolute Gasteiger partial charge is 0.263 e. The van der Waals surface area contributed by atoms with Gasteiger partial charge in [-0.05, 0) is 25.2 Å². The first-order valence-electron chi connectivity index (χ1n) is 6.87. The van der Waals surface area contributed by atoms with Crippen LogP contribution in [0.3, 0.4) is 0 Å². The van der Waals surface area contributed by atoms with Gasteiger partial charge in [-0.2, -0.15) is 5.26 Å². The zero-order valence-corrected chi connectivity index (χ0v) is 11.7. The van der Waals surface area contributed by atoms with Gasteiger partial charge in [-0.25, -0.2) is 0 Å². The normalized spacial score (nSPS) is 19.3. The Kier molecular flexibility index (Phi) is 6.98. The lowest BCUT2D eigenvalue weighted by molar-refractivity contribution is -0.117. The summed E-state index contributed by atoms with van der Waals surface area (Å²) >= 11 is 0. The number of nitriles is 1. The zero-order chi connectivity index (χ0) is 14.1. The molecule has 5 heteroatoms. The van der Waals surface area contributed by atoms with Crippen LogP contribution >= 0.6 is 0 Å². The minimum Gasteiger partial charge on any atom is -0.390 e. The molecule has 1 aliphatic heterocycles. The van der Waals surface area contributed by atoms with Crippen LogP contribution in [0.4, 0.5) is 0 Å². The Labute approximate surface area is 115 Å². The fraction of sp³-hybridized carbons (Fsp3) is 0.714. The zero-order valence-electron chi connectivity index (χ0n) is 11.7. The van der Waals surface area contributed by atoms with Gasteiger partial charge in [0.1, 0.15) is 11.6 Å². The molecule has 0 aliphatic carbocycles. The van der Waals surface area contributed by atoms with Crippen molar-refractivity contribution in [2.24, 2.45) is 5.92 Å². The van der Waals surface area contributed by atoms with Crippen molar-refractivity contribution >= 4 is 5.91 Å². The maximum atomic E-state index is 11.8. The van der Waals surface area contributed by atoms with Gasteiger partial charge in [0, 0.05) is 25.9 Å². The Morgan fingerprint density at radius 1 is 1.58 bits per heavy atom. The number of nitrogens with one attached hydrogen (secondary N) is 2. The average Bonchev–Trinajstić information content (AvgIpc) is 2.89. The number of ether oxygens (including phenoxy) is 1. The van der Waals surface area contributed by atoms with E-state index in [9.17, 15) is 4.79 Å². The molecule has 1 atom stereocenters. The molecule has 0 spiro atoms. The number of nitrogens with zero attached hydrogens (tertiary/aromatic N) is 1. The van der Waals surface area contributed by atoms with E-state index in [1.54, 1.807) is 0 Å². The monoisotopic (exact) mass is 265 g/mol. The first-order valence-corrected chi connectivity index (χ1v) is 6.87. The van der Waals surface area contributed by atoms with Crippen molar-refractivity contribution < 1.29 is 9.53 Å². The maximum Gasteiger partial charge on any atom is 0.263 e. The molecule has 1 saturated heterocycles. The molecule has 19 heavy (non-hydrogen) atoms. The minimum absolute atomic E-state index is 0.0952. The Bertz CT molecular complexity index is 352. The van der Waals surface area contributed by atoms with Gasteiger partial charge in [-0.15, -0.1) is 0 Å². The highest BCUT2D eigenvalue weighted by Gasteiger charge is 2.17. The highest BCUT2D eigenvalue weighted by atomic mass is 16.5. The SMILES string of the molecule is CC(C)CCN/C=C(/C#N)C(=O)NCC1CCCO1. The molecule has 1 fully saturated rings. The number of hydrogen-bond donors (Lipinski definition) is 2. The second-order valence-electron chi connectivity index (χ2n) is 5.15. The molecule has 0 saturated carbocycles. The van der Waals surface area contributed by atoms with E-state index in [1.165, 1.54) is 6.20 Å². The molecule has 2 N–H and O–H groups in total. The van der Waals surface area contributed by atoms with Crippen molar-refractivity contribution in [3.05, 3.63) is 11.8 Å². The van der Waals surface area contributed by atoms with Gasteiger partial charge in [-0.1, -0.05) is 13.8 Å².